The van der Waals surface area contributed by atoms with E-state index in [0.29, 0.717) is 29.8 Å². The first-order valence-electron chi connectivity index (χ1n) is 11.6. The van der Waals surface area contributed by atoms with E-state index in [-0.39, 0.29) is 41.8 Å². The normalized spacial score (nSPS) is 19.3. The number of ether oxygens (including phenoxy) is 1. The largest absolute Gasteiger partial charge is 0.573 e. The molecule has 11 heteroatoms. The lowest BCUT2D eigenvalue weighted by Crippen LogP contribution is -2.59. The van der Waals surface area contributed by atoms with Crippen LogP contribution in [0.1, 0.15) is 25.5 Å². The zero-order valence-electron chi connectivity index (χ0n) is 20.5. The fourth-order valence-electron chi connectivity index (χ4n) is 4.86. The van der Waals surface area contributed by atoms with Crippen LogP contribution in [0.2, 0.25) is 0 Å². The minimum atomic E-state index is -4.76. The summed E-state index contributed by atoms with van der Waals surface area (Å²) in [5.74, 6) is -0.0638. The molecular weight excluding hydrogens is 485 g/mol. The third-order valence-corrected chi connectivity index (χ3v) is 6.76. The molecule has 8 nitrogen and oxygen atoms in total. The van der Waals surface area contributed by atoms with Gasteiger partial charge in [0.15, 0.2) is 0 Å². The van der Waals surface area contributed by atoms with Crippen molar-refractivity contribution in [3.63, 3.8) is 0 Å². The van der Waals surface area contributed by atoms with Gasteiger partial charge in [-0.2, -0.15) is 0 Å². The van der Waals surface area contributed by atoms with Crippen LogP contribution in [0.4, 0.5) is 24.7 Å². The van der Waals surface area contributed by atoms with Crippen LogP contribution in [-0.2, 0) is 7.05 Å². The van der Waals surface area contributed by atoms with Crippen molar-refractivity contribution in [2.45, 2.75) is 38.3 Å². The number of nitrogens with zero attached hydrogens (tertiary/aromatic N) is 6. The van der Waals surface area contributed by atoms with Crippen LogP contribution < -0.4 is 15.2 Å². The van der Waals surface area contributed by atoms with Crippen LogP contribution in [0.15, 0.2) is 47.3 Å². The van der Waals surface area contributed by atoms with E-state index < -0.39 is 6.36 Å². The number of benzene rings is 1. The molecule has 192 valence electrons. The molecule has 3 atom stereocenters. The fourth-order valence-corrected chi connectivity index (χ4v) is 4.86. The zero-order chi connectivity index (χ0) is 26.9. The predicted octanol–water partition coefficient (Wildman–Crippen LogP) is 4.94. The standard InChI is InChI=1S/C26H25F3N6O2/c1-16-14-35(17(2)18-6-8-20(9-7-18)37-26(27,28)29)19(13-30-3)15-34(16)22-12-24(36)33(5)21-10-11-23(31-4)32-25(21)22/h6-12,16-17,19H,13-15H2,1-2,5H3/t16-,17?,19+/m0/s1. The first-order valence-corrected chi connectivity index (χ1v) is 11.6. The smallest absolute Gasteiger partial charge is 0.406 e. The average Bonchev–Trinajstić information content (AvgIpc) is 2.86. The summed E-state index contributed by atoms with van der Waals surface area (Å²) in [7, 11) is 1.66. The molecule has 0 N–H and O–H groups in total. The van der Waals surface area contributed by atoms with E-state index in [1.165, 1.54) is 22.8 Å². The van der Waals surface area contributed by atoms with Crippen molar-refractivity contribution in [1.82, 2.24) is 14.5 Å². The van der Waals surface area contributed by atoms with Crippen molar-refractivity contribution in [2.75, 3.05) is 24.5 Å². The minimum Gasteiger partial charge on any atom is -0.406 e. The number of alkyl halides is 3. The maximum absolute atomic E-state index is 12.7. The van der Waals surface area contributed by atoms with Crippen molar-refractivity contribution in [3.8, 4) is 5.75 Å². The maximum Gasteiger partial charge on any atom is 0.573 e. The van der Waals surface area contributed by atoms with E-state index in [9.17, 15) is 18.0 Å². The van der Waals surface area contributed by atoms with E-state index in [1.54, 1.807) is 31.3 Å². The molecule has 3 heterocycles. The lowest BCUT2D eigenvalue weighted by Gasteiger charge is -2.47. The zero-order valence-corrected chi connectivity index (χ0v) is 20.5. The van der Waals surface area contributed by atoms with Gasteiger partial charge in [0.2, 0.25) is 12.1 Å². The molecule has 1 aliphatic heterocycles. The molecule has 3 aromatic rings. The molecule has 0 saturated carbocycles. The Morgan fingerprint density at radius 2 is 1.86 bits per heavy atom. The molecule has 0 bridgehead atoms. The van der Waals surface area contributed by atoms with Crippen LogP contribution in [-0.4, -0.2) is 52.5 Å². The van der Waals surface area contributed by atoms with Gasteiger partial charge in [-0.25, -0.2) is 6.57 Å². The highest BCUT2D eigenvalue weighted by atomic mass is 19.4. The number of rotatable bonds is 5. The summed E-state index contributed by atoms with van der Waals surface area (Å²) in [5.41, 5.74) is 2.37. The Kier molecular flexibility index (Phi) is 7.10. The van der Waals surface area contributed by atoms with E-state index in [2.05, 4.69) is 29.2 Å². The molecule has 1 aliphatic rings. The van der Waals surface area contributed by atoms with E-state index >= 15 is 0 Å². The molecule has 0 spiro atoms. The maximum atomic E-state index is 12.7. The summed E-state index contributed by atoms with van der Waals surface area (Å²) < 4.78 is 43.1. The molecule has 1 aromatic carbocycles. The van der Waals surface area contributed by atoms with Crippen LogP contribution in [0.5, 0.6) is 5.75 Å². The number of pyridine rings is 2. The van der Waals surface area contributed by atoms with Gasteiger partial charge in [-0.05, 0) is 43.7 Å². The summed E-state index contributed by atoms with van der Waals surface area (Å²) >= 11 is 0. The van der Waals surface area contributed by atoms with Gasteiger partial charge in [-0.3, -0.25) is 9.69 Å². The molecule has 0 radical (unpaired) electrons. The van der Waals surface area contributed by atoms with Gasteiger partial charge < -0.3 is 23.9 Å². The second-order valence-electron chi connectivity index (χ2n) is 9.06. The Balaban J connectivity index is 1.66. The summed E-state index contributed by atoms with van der Waals surface area (Å²) in [5, 5.41) is 0. The number of fused-ring (bicyclic) bond motifs is 1. The topological polar surface area (TPSA) is 59.3 Å². The van der Waals surface area contributed by atoms with Crippen molar-refractivity contribution < 1.29 is 17.9 Å². The highest BCUT2D eigenvalue weighted by molar-refractivity contribution is 5.89. The van der Waals surface area contributed by atoms with Gasteiger partial charge in [0, 0.05) is 38.3 Å². The Bertz CT molecular complexity index is 1440. The Morgan fingerprint density at radius 1 is 1.16 bits per heavy atom. The second-order valence-corrected chi connectivity index (χ2v) is 9.06. The predicted molar refractivity (Wildman–Crippen MR) is 134 cm³/mol. The van der Waals surface area contributed by atoms with E-state index in [1.807, 2.05) is 13.8 Å². The lowest BCUT2D eigenvalue weighted by atomic mass is 9.99. The molecule has 1 saturated heterocycles. The van der Waals surface area contributed by atoms with Crippen molar-refractivity contribution in [1.29, 1.82) is 0 Å². The molecule has 2 aromatic heterocycles. The van der Waals surface area contributed by atoms with Crippen LogP contribution in [0, 0.1) is 13.1 Å². The number of piperazine rings is 1. The summed E-state index contributed by atoms with van der Waals surface area (Å²) in [6, 6.07) is 10.1. The summed E-state index contributed by atoms with van der Waals surface area (Å²) in [4.78, 5) is 28.5. The monoisotopic (exact) mass is 510 g/mol. The molecule has 37 heavy (non-hydrogen) atoms. The number of hydrogen-bond donors (Lipinski definition) is 0. The number of aromatic nitrogens is 2. The Hall–Kier alpha value is -4.09. The first kappa shape index (κ1) is 26.0. The van der Waals surface area contributed by atoms with E-state index in [4.69, 9.17) is 13.1 Å². The molecule has 1 fully saturated rings. The first-order chi connectivity index (χ1) is 17.5. The van der Waals surface area contributed by atoms with Crippen molar-refractivity contribution in [3.05, 3.63) is 81.2 Å². The third-order valence-electron chi connectivity index (χ3n) is 6.76. The minimum absolute atomic E-state index is 0.0778. The molecule has 0 amide bonds. The number of halogens is 3. The van der Waals surface area contributed by atoms with Gasteiger partial charge in [0.1, 0.15) is 11.8 Å². The summed E-state index contributed by atoms with van der Waals surface area (Å²) in [6.07, 6.45) is -4.76. The van der Waals surface area contributed by atoms with Crippen LogP contribution in [0.3, 0.4) is 0 Å². The number of hydrogen-bond acceptors (Lipinski definition) is 5. The second kappa shape index (κ2) is 10.1. The quantitative estimate of drug-likeness (QED) is 0.455. The SMILES string of the molecule is [C-]#[N+]C[C@@H]1CN(c2cc(=O)n(C)c3ccc([N+]#[C-])nc23)[C@@H](C)CN1C(C)c1ccc(OC(F)(F)F)cc1. The average molecular weight is 511 g/mol. The Morgan fingerprint density at radius 3 is 2.49 bits per heavy atom. The lowest BCUT2D eigenvalue weighted by molar-refractivity contribution is -0.274. The fraction of sp³-hybridized carbons (Fsp3) is 0.385. The molecule has 4 rings (SSSR count). The van der Waals surface area contributed by atoms with Crippen LogP contribution >= 0.6 is 0 Å². The molecule has 1 unspecified atom stereocenters. The molecular formula is C26H25F3N6O2. The Labute approximate surface area is 212 Å². The molecule has 0 aliphatic carbocycles. The summed E-state index contributed by atoms with van der Waals surface area (Å²) in [6.45, 7) is 20.0. The highest BCUT2D eigenvalue weighted by Crippen LogP contribution is 2.34. The van der Waals surface area contributed by atoms with Gasteiger partial charge in [0.05, 0.1) is 11.2 Å². The highest BCUT2D eigenvalue weighted by Gasteiger charge is 2.38. The number of aryl methyl sites for hydroxylation is 1. The van der Waals surface area contributed by atoms with Gasteiger partial charge >= 0.3 is 6.36 Å². The van der Waals surface area contributed by atoms with Gasteiger partial charge in [0.25, 0.3) is 11.4 Å². The van der Waals surface area contributed by atoms with Crippen molar-refractivity contribution in [2.24, 2.45) is 7.05 Å². The number of anilines is 1. The van der Waals surface area contributed by atoms with Gasteiger partial charge in [-0.15, -0.1) is 18.2 Å². The van der Waals surface area contributed by atoms with Crippen LogP contribution in [0.25, 0.3) is 20.7 Å². The third kappa shape index (κ3) is 5.37. The van der Waals surface area contributed by atoms with E-state index in [0.717, 1.165) is 5.56 Å². The van der Waals surface area contributed by atoms with Crippen molar-refractivity contribution >= 4 is 22.5 Å². The van der Waals surface area contributed by atoms with Gasteiger partial charge in [-0.1, -0.05) is 18.7 Å².